The Hall–Kier alpha value is -0.870. The van der Waals surface area contributed by atoms with Crippen molar-refractivity contribution < 1.29 is 14.6 Å². The molecule has 0 aromatic heterocycles. The second-order valence-corrected chi connectivity index (χ2v) is 4.30. The molecule has 4 nitrogen and oxygen atoms in total. The number of hydrogen-bond donors (Lipinski definition) is 2. The molecular weight excluding hydrogens is 206 g/mol. The summed E-state index contributed by atoms with van der Waals surface area (Å²) in [5, 5.41) is 11.6. The molecule has 0 rings (SSSR count). The standard InChI is InChI=1S/C12H23NO3/c1-10(2)4-6-16-7-5-13-9-11(3)8-12(14)15/h8,10,13H,4-7,9H2,1-3H3,(H,14,15). The van der Waals surface area contributed by atoms with Gasteiger partial charge < -0.3 is 15.2 Å². The van der Waals surface area contributed by atoms with Crippen LogP contribution in [0.25, 0.3) is 0 Å². The van der Waals surface area contributed by atoms with E-state index < -0.39 is 5.97 Å². The summed E-state index contributed by atoms with van der Waals surface area (Å²) in [6.45, 7) is 8.95. The molecule has 94 valence electrons. The molecule has 0 aliphatic heterocycles. The van der Waals surface area contributed by atoms with Crippen LogP contribution in [0.15, 0.2) is 11.6 Å². The van der Waals surface area contributed by atoms with E-state index in [9.17, 15) is 4.79 Å². The van der Waals surface area contributed by atoms with Crippen LogP contribution in [0, 0.1) is 5.92 Å². The number of rotatable bonds is 9. The van der Waals surface area contributed by atoms with Gasteiger partial charge in [-0.2, -0.15) is 0 Å². The number of carboxylic acids is 1. The Bertz CT molecular complexity index is 224. The number of ether oxygens (including phenoxy) is 1. The summed E-state index contributed by atoms with van der Waals surface area (Å²) in [5.41, 5.74) is 0.815. The van der Waals surface area contributed by atoms with Crippen molar-refractivity contribution >= 4 is 5.97 Å². The Labute approximate surface area is 97.7 Å². The molecule has 0 aliphatic carbocycles. The fraction of sp³-hybridized carbons (Fsp3) is 0.750. The maximum Gasteiger partial charge on any atom is 0.328 e. The van der Waals surface area contributed by atoms with Crippen LogP contribution < -0.4 is 5.32 Å². The van der Waals surface area contributed by atoms with Crippen molar-refractivity contribution in [1.29, 1.82) is 0 Å². The Balaban J connectivity index is 3.30. The van der Waals surface area contributed by atoms with Gasteiger partial charge in [0.05, 0.1) is 6.61 Å². The summed E-state index contributed by atoms with van der Waals surface area (Å²) >= 11 is 0. The average molecular weight is 229 g/mol. The Kier molecular flexibility index (Phi) is 8.85. The molecule has 0 bridgehead atoms. The molecule has 0 saturated carbocycles. The third-order valence-corrected chi connectivity index (χ3v) is 2.04. The van der Waals surface area contributed by atoms with Gasteiger partial charge in [0.1, 0.15) is 0 Å². The molecule has 0 aromatic rings. The SMILES string of the molecule is CC(=CC(=O)O)CNCCOCCC(C)C. The van der Waals surface area contributed by atoms with Gasteiger partial charge in [-0.3, -0.25) is 0 Å². The van der Waals surface area contributed by atoms with E-state index in [1.165, 1.54) is 6.08 Å². The minimum atomic E-state index is -0.896. The summed E-state index contributed by atoms with van der Waals surface area (Å²) < 4.78 is 5.41. The van der Waals surface area contributed by atoms with Crippen molar-refractivity contribution in [3.63, 3.8) is 0 Å². The molecule has 0 unspecified atom stereocenters. The highest BCUT2D eigenvalue weighted by Gasteiger charge is 1.95. The normalized spacial score (nSPS) is 12.1. The van der Waals surface area contributed by atoms with Gasteiger partial charge in [-0.25, -0.2) is 4.79 Å². The monoisotopic (exact) mass is 229 g/mol. The lowest BCUT2D eigenvalue weighted by atomic mass is 10.1. The fourth-order valence-electron chi connectivity index (χ4n) is 1.11. The van der Waals surface area contributed by atoms with Crippen molar-refractivity contribution in [3.05, 3.63) is 11.6 Å². The summed E-state index contributed by atoms with van der Waals surface area (Å²) in [7, 11) is 0. The molecule has 4 heteroatoms. The van der Waals surface area contributed by atoms with Gasteiger partial charge in [0.25, 0.3) is 0 Å². The lowest BCUT2D eigenvalue weighted by Gasteiger charge is -2.07. The van der Waals surface area contributed by atoms with Gasteiger partial charge in [-0.05, 0) is 19.3 Å². The molecule has 0 saturated heterocycles. The quantitative estimate of drug-likeness (QED) is 0.466. The molecule has 2 N–H and O–H groups in total. The first-order valence-electron chi connectivity index (χ1n) is 5.71. The molecule has 0 heterocycles. The van der Waals surface area contributed by atoms with Gasteiger partial charge in [0.2, 0.25) is 0 Å². The molecule has 0 radical (unpaired) electrons. The molecule has 0 aliphatic rings. The molecule has 0 spiro atoms. The predicted molar refractivity (Wildman–Crippen MR) is 64.5 cm³/mol. The van der Waals surface area contributed by atoms with E-state index in [1.54, 1.807) is 6.92 Å². The first-order valence-corrected chi connectivity index (χ1v) is 5.71. The Morgan fingerprint density at radius 3 is 2.69 bits per heavy atom. The van der Waals surface area contributed by atoms with Gasteiger partial charge in [0.15, 0.2) is 0 Å². The third-order valence-electron chi connectivity index (χ3n) is 2.04. The number of nitrogens with one attached hydrogen (secondary N) is 1. The molecule has 0 amide bonds. The van der Waals surface area contributed by atoms with Crippen molar-refractivity contribution in [2.45, 2.75) is 27.2 Å². The van der Waals surface area contributed by atoms with Crippen LogP contribution in [0.1, 0.15) is 27.2 Å². The molecule has 0 fully saturated rings. The fourth-order valence-corrected chi connectivity index (χ4v) is 1.11. The predicted octanol–water partition coefficient (Wildman–Crippen LogP) is 1.67. The highest BCUT2D eigenvalue weighted by atomic mass is 16.5. The average Bonchev–Trinajstić information content (AvgIpc) is 2.14. The minimum Gasteiger partial charge on any atom is -0.478 e. The van der Waals surface area contributed by atoms with Crippen molar-refractivity contribution in [1.82, 2.24) is 5.32 Å². The molecule has 0 aromatic carbocycles. The highest BCUT2D eigenvalue weighted by molar-refractivity contribution is 5.80. The van der Waals surface area contributed by atoms with E-state index in [0.29, 0.717) is 19.1 Å². The summed E-state index contributed by atoms with van der Waals surface area (Å²) in [6.07, 6.45) is 2.30. The first-order chi connectivity index (χ1) is 7.52. The number of carboxylic acid groups (broad SMARTS) is 1. The second-order valence-electron chi connectivity index (χ2n) is 4.30. The lowest BCUT2D eigenvalue weighted by molar-refractivity contribution is -0.131. The van der Waals surface area contributed by atoms with Crippen molar-refractivity contribution in [2.24, 2.45) is 5.92 Å². The molecular formula is C12H23NO3. The Morgan fingerprint density at radius 1 is 1.44 bits per heavy atom. The Morgan fingerprint density at radius 2 is 2.12 bits per heavy atom. The molecule has 0 atom stereocenters. The zero-order chi connectivity index (χ0) is 12.4. The zero-order valence-corrected chi connectivity index (χ0v) is 10.5. The number of carbonyl (C=O) groups is 1. The topological polar surface area (TPSA) is 58.6 Å². The number of hydrogen-bond acceptors (Lipinski definition) is 3. The first kappa shape index (κ1) is 15.1. The smallest absolute Gasteiger partial charge is 0.328 e. The van der Waals surface area contributed by atoms with E-state index in [4.69, 9.17) is 9.84 Å². The number of aliphatic carboxylic acids is 1. The van der Waals surface area contributed by atoms with Gasteiger partial charge in [-0.1, -0.05) is 19.4 Å². The third kappa shape index (κ3) is 11.2. The summed E-state index contributed by atoms with van der Waals surface area (Å²) in [5.74, 6) is -0.221. The lowest BCUT2D eigenvalue weighted by Crippen LogP contribution is -2.22. The summed E-state index contributed by atoms with van der Waals surface area (Å²) in [4.78, 5) is 10.3. The van der Waals surface area contributed by atoms with Gasteiger partial charge >= 0.3 is 5.97 Å². The van der Waals surface area contributed by atoms with Crippen LogP contribution in [0.5, 0.6) is 0 Å². The van der Waals surface area contributed by atoms with Crippen LogP contribution in [0.3, 0.4) is 0 Å². The van der Waals surface area contributed by atoms with E-state index in [1.807, 2.05) is 0 Å². The van der Waals surface area contributed by atoms with E-state index in [-0.39, 0.29) is 0 Å². The summed E-state index contributed by atoms with van der Waals surface area (Å²) in [6, 6.07) is 0. The van der Waals surface area contributed by atoms with Crippen LogP contribution in [0.4, 0.5) is 0 Å². The van der Waals surface area contributed by atoms with Gasteiger partial charge in [-0.15, -0.1) is 0 Å². The van der Waals surface area contributed by atoms with Crippen LogP contribution >= 0.6 is 0 Å². The van der Waals surface area contributed by atoms with Crippen LogP contribution in [0.2, 0.25) is 0 Å². The molecule has 16 heavy (non-hydrogen) atoms. The van der Waals surface area contributed by atoms with Crippen LogP contribution in [-0.2, 0) is 9.53 Å². The van der Waals surface area contributed by atoms with Crippen molar-refractivity contribution in [3.8, 4) is 0 Å². The second kappa shape index (κ2) is 9.36. The van der Waals surface area contributed by atoms with Crippen LogP contribution in [-0.4, -0.2) is 37.4 Å². The van der Waals surface area contributed by atoms with E-state index in [2.05, 4.69) is 19.2 Å². The van der Waals surface area contributed by atoms with E-state index >= 15 is 0 Å². The maximum absolute atomic E-state index is 10.3. The maximum atomic E-state index is 10.3. The largest absolute Gasteiger partial charge is 0.478 e. The van der Waals surface area contributed by atoms with Crippen molar-refractivity contribution in [2.75, 3.05) is 26.3 Å². The minimum absolute atomic E-state index is 0.597. The van der Waals surface area contributed by atoms with E-state index in [0.717, 1.165) is 25.1 Å². The zero-order valence-electron chi connectivity index (χ0n) is 10.5. The highest BCUT2D eigenvalue weighted by Crippen LogP contribution is 1.98. The van der Waals surface area contributed by atoms with Gasteiger partial charge in [0, 0.05) is 25.8 Å².